The Morgan fingerprint density at radius 1 is 1.03 bits per heavy atom. The predicted octanol–water partition coefficient (Wildman–Crippen LogP) is 2.03. The van der Waals surface area contributed by atoms with Crippen molar-refractivity contribution in [2.45, 2.75) is 51.8 Å². The molecule has 0 aromatic heterocycles. The minimum Gasteiger partial charge on any atom is -0.379 e. The molecule has 0 aliphatic heterocycles. The second-order valence-electron chi connectivity index (χ2n) is 7.50. The summed E-state index contributed by atoms with van der Waals surface area (Å²) in [5.74, 6) is -0.327. The van der Waals surface area contributed by atoms with Gasteiger partial charge in [0.05, 0.1) is 50.6 Å². The van der Waals surface area contributed by atoms with Crippen LogP contribution in [0.1, 0.15) is 34.6 Å². The number of halogens is 1. The molecule has 0 aliphatic rings. The van der Waals surface area contributed by atoms with Crippen molar-refractivity contribution in [3.8, 4) is 0 Å². The van der Waals surface area contributed by atoms with E-state index in [1.54, 1.807) is 27.7 Å². The predicted molar refractivity (Wildman–Crippen MR) is 121 cm³/mol. The number of hydrogen-bond donors (Lipinski definition) is 4. The lowest BCUT2D eigenvalue weighted by molar-refractivity contribution is -0.125. The zero-order valence-corrected chi connectivity index (χ0v) is 20.2. The number of carbonyl (C=O) groups is 1. The van der Waals surface area contributed by atoms with E-state index < -0.39 is 11.8 Å². The van der Waals surface area contributed by atoms with E-state index in [-0.39, 0.29) is 18.4 Å². The zero-order valence-electron chi connectivity index (χ0n) is 18.5. The molecular formula is C19H40FN3O4S2. The van der Waals surface area contributed by atoms with Crippen molar-refractivity contribution in [2.75, 3.05) is 59.2 Å². The fourth-order valence-electron chi connectivity index (χ4n) is 2.08. The first kappa shape index (κ1) is 28.9. The van der Waals surface area contributed by atoms with Crippen LogP contribution in [0.5, 0.6) is 0 Å². The molecule has 0 bridgehead atoms. The van der Waals surface area contributed by atoms with Crippen molar-refractivity contribution < 1.29 is 23.4 Å². The van der Waals surface area contributed by atoms with Gasteiger partial charge in [0.2, 0.25) is 5.91 Å². The maximum atomic E-state index is 14.3. The van der Waals surface area contributed by atoms with Crippen molar-refractivity contribution in [1.82, 2.24) is 16.0 Å². The van der Waals surface area contributed by atoms with Crippen LogP contribution in [-0.4, -0.2) is 82.3 Å². The molecule has 3 N–H and O–H groups in total. The molecule has 10 heteroatoms. The van der Waals surface area contributed by atoms with Gasteiger partial charge in [-0.2, -0.15) is 0 Å². The van der Waals surface area contributed by atoms with E-state index in [4.69, 9.17) is 14.2 Å². The molecular weight excluding hydrogens is 417 g/mol. The molecule has 2 atom stereocenters. The summed E-state index contributed by atoms with van der Waals surface area (Å²) < 4.78 is 30.8. The average Bonchev–Trinajstić information content (AvgIpc) is 2.68. The van der Waals surface area contributed by atoms with Gasteiger partial charge >= 0.3 is 0 Å². The molecule has 0 aromatic rings. The van der Waals surface area contributed by atoms with Gasteiger partial charge in [-0.25, -0.2) is 4.39 Å². The van der Waals surface area contributed by atoms with Gasteiger partial charge < -0.3 is 30.2 Å². The normalized spacial score (nSPS) is 14.2. The number of rotatable bonds is 19. The van der Waals surface area contributed by atoms with Crippen LogP contribution in [0.4, 0.5) is 4.39 Å². The summed E-state index contributed by atoms with van der Waals surface area (Å²) in [7, 11) is 1.47. The van der Waals surface area contributed by atoms with E-state index in [1.807, 2.05) is 0 Å². The van der Waals surface area contributed by atoms with Gasteiger partial charge in [0, 0.05) is 25.6 Å². The average molecular weight is 458 g/mol. The highest BCUT2D eigenvalue weighted by Gasteiger charge is 2.30. The van der Waals surface area contributed by atoms with Gasteiger partial charge in [-0.1, -0.05) is 24.6 Å². The van der Waals surface area contributed by atoms with E-state index in [0.29, 0.717) is 45.0 Å². The quantitative estimate of drug-likeness (QED) is 0.102. The molecule has 0 aromatic carbocycles. The van der Waals surface area contributed by atoms with Gasteiger partial charge in [-0.15, -0.1) is 11.7 Å². The first-order valence-electron chi connectivity index (χ1n) is 10.2. The van der Waals surface area contributed by atoms with E-state index in [2.05, 4.69) is 34.5 Å². The molecule has 0 radical (unpaired) electrons. The van der Waals surface area contributed by atoms with Crippen LogP contribution in [-0.2, 0) is 19.0 Å². The lowest BCUT2D eigenvalue weighted by atomic mass is 10.0. The molecule has 174 valence electrons. The van der Waals surface area contributed by atoms with Crippen LogP contribution in [0, 0.1) is 5.92 Å². The molecule has 7 nitrogen and oxygen atoms in total. The first-order chi connectivity index (χ1) is 13.7. The van der Waals surface area contributed by atoms with Gasteiger partial charge in [0.1, 0.15) is 6.17 Å². The summed E-state index contributed by atoms with van der Waals surface area (Å²) in [5, 5.41) is 9.40. The fraction of sp³-hybridized carbons (Fsp3) is 0.947. The molecule has 0 saturated carbocycles. The third-order valence-corrected chi connectivity index (χ3v) is 5.55. The highest BCUT2D eigenvalue weighted by atomic mass is 33.1. The maximum absolute atomic E-state index is 14.3. The third-order valence-electron chi connectivity index (χ3n) is 4.12. The van der Waals surface area contributed by atoms with Crippen molar-refractivity contribution in [3.05, 3.63) is 0 Å². The van der Waals surface area contributed by atoms with Crippen LogP contribution in [0.3, 0.4) is 0 Å². The summed E-state index contributed by atoms with van der Waals surface area (Å²) >= 11 is 4.12. The molecule has 0 fully saturated rings. The van der Waals surface area contributed by atoms with Crippen molar-refractivity contribution in [3.63, 3.8) is 0 Å². The van der Waals surface area contributed by atoms with Crippen LogP contribution in [0.25, 0.3) is 0 Å². The number of alkyl halides is 1. The third kappa shape index (κ3) is 16.3. The highest BCUT2D eigenvalue weighted by Crippen LogP contribution is 2.17. The van der Waals surface area contributed by atoms with Crippen molar-refractivity contribution in [1.29, 1.82) is 0 Å². The Labute approximate surface area is 184 Å². The number of amides is 1. The van der Waals surface area contributed by atoms with Crippen LogP contribution in [0.15, 0.2) is 0 Å². The molecule has 29 heavy (non-hydrogen) atoms. The summed E-state index contributed by atoms with van der Waals surface area (Å²) in [4.78, 5) is 11.5. The van der Waals surface area contributed by atoms with E-state index in [9.17, 15) is 9.18 Å². The van der Waals surface area contributed by atoms with Crippen LogP contribution < -0.4 is 16.0 Å². The van der Waals surface area contributed by atoms with Gasteiger partial charge in [0.25, 0.3) is 0 Å². The summed E-state index contributed by atoms with van der Waals surface area (Å²) in [6.07, 6.45) is -1.29. The number of hydrogen-bond acceptors (Lipinski definition) is 8. The SMILES string of the molecule is CC(NCCOCCNCCOCCOC(C)(C)C(F)CNC(=O)C(C)C)SS. The molecule has 0 rings (SSSR count). The largest absolute Gasteiger partial charge is 0.379 e. The summed E-state index contributed by atoms with van der Waals surface area (Å²) in [5.41, 5.74) is -0.985. The Morgan fingerprint density at radius 2 is 1.62 bits per heavy atom. The minimum absolute atomic E-state index is 0.0555. The monoisotopic (exact) mass is 457 g/mol. The van der Waals surface area contributed by atoms with Crippen molar-refractivity contribution >= 4 is 28.4 Å². The maximum Gasteiger partial charge on any atom is 0.222 e. The Morgan fingerprint density at radius 3 is 2.21 bits per heavy atom. The molecule has 0 spiro atoms. The lowest BCUT2D eigenvalue weighted by Gasteiger charge is -2.29. The Hall–Kier alpha value is -0.100. The second-order valence-corrected chi connectivity index (χ2v) is 9.05. The fourth-order valence-corrected chi connectivity index (χ4v) is 2.50. The number of ether oxygens (including phenoxy) is 3. The number of carbonyl (C=O) groups excluding carboxylic acids is 1. The Kier molecular flexibility index (Phi) is 17.5. The van der Waals surface area contributed by atoms with Crippen LogP contribution in [0.2, 0.25) is 0 Å². The molecule has 0 heterocycles. The minimum atomic E-state index is -1.29. The first-order valence-corrected chi connectivity index (χ1v) is 12.1. The smallest absolute Gasteiger partial charge is 0.222 e. The zero-order chi connectivity index (χ0) is 22.1. The van der Waals surface area contributed by atoms with Crippen LogP contribution >= 0.6 is 22.5 Å². The molecule has 0 saturated heterocycles. The Balaban J connectivity index is 3.53. The molecule has 0 aliphatic carbocycles. The van der Waals surface area contributed by atoms with E-state index in [0.717, 1.165) is 13.1 Å². The molecule has 2 unspecified atom stereocenters. The second kappa shape index (κ2) is 17.6. The van der Waals surface area contributed by atoms with Gasteiger partial charge in [-0.05, 0) is 20.8 Å². The van der Waals surface area contributed by atoms with Crippen molar-refractivity contribution in [2.24, 2.45) is 5.92 Å². The van der Waals surface area contributed by atoms with E-state index in [1.165, 1.54) is 10.8 Å². The van der Waals surface area contributed by atoms with Gasteiger partial charge in [-0.3, -0.25) is 4.79 Å². The number of thiol groups is 1. The van der Waals surface area contributed by atoms with E-state index >= 15 is 0 Å². The summed E-state index contributed by atoms with van der Waals surface area (Å²) in [6.45, 7) is 13.7. The highest BCUT2D eigenvalue weighted by molar-refractivity contribution is 8.68. The topological polar surface area (TPSA) is 80.8 Å². The summed E-state index contributed by atoms with van der Waals surface area (Å²) in [6, 6.07) is 0. The molecule has 1 amide bonds. The number of nitrogens with one attached hydrogen (secondary N) is 3. The standard InChI is InChI=1S/C19H40FN3O4S2/c1-15(2)18(24)23-14-17(20)19(4,5)27-13-12-26-10-7-21-6-9-25-11-8-22-16(3)29-28/h15-17,21-22,28H,6-14H2,1-5H3,(H,23,24). The Bertz CT molecular complexity index is 421. The lowest BCUT2D eigenvalue weighted by Crippen LogP contribution is -2.45. The van der Waals surface area contributed by atoms with Gasteiger partial charge in [0.15, 0.2) is 0 Å².